The molecular formula is C22H18FN3O3S. The van der Waals surface area contributed by atoms with Crippen LogP contribution in [-0.4, -0.2) is 21.8 Å². The minimum absolute atomic E-state index is 0.278. The Balaban J connectivity index is 1.57. The van der Waals surface area contributed by atoms with E-state index in [1.165, 1.54) is 24.3 Å². The average Bonchev–Trinajstić information content (AvgIpc) is 3.26. The van der Waals surface area contributed by atoms with Crippen LogP contribution >= 0.6 is 11.3 Å². The summed E-state index contributed by atoms with van der Waals surface area (Å²) in [6.07, 6.45) is 4.26. The number of carbonyl (C=O) groups is 1. The van der Waals surface area contributed by atoms with Crippen molar-refractivity contribution in [1.82, 2.24) is 4.57 Å². The van der Waals surface area contributed by atoms with E-state index in [-0.39, 0.29) is 12.4 Å². The molecule has 30 heavy (non-hydrogen) atoms. The topological polar surface area (TPSA) is 83.7 Å². The smallest absolute Gasteiger partial charge is 0.311 e. The van der Waals surface area contributed by atoms with Crippen LogP contribution in [0.3, 0.4) is 0 Å². The van der Waals surface area contributed by atoms with Gasteiger partial charge in [0.05, 0.1) is 10.6 Å². The zero-order chi connectivity index (χ0) is 21.3. The van der Waals surface area contributed by atoms with E-state index in [4.69, 9.17) is 0 Å². The molecular weight excluding hydrogens is 405 g/mol. The number of carbonyl (C=O) groups excluding carboxylic acids is 1. The normalized spacial score (nSPS) is 13.6. The number of allylic oxidation sites excluding steroid dienone is 1. The van der Waals surface area contributed by atoms with Gasteiger partial charge in [-0.1, -0.05) is 36.5 Å². The lowest BCUT2D eigenvalue weighted by Crippen LogP contribution is -2.24. The predicted molar refractivity (Wildman–Crippen MR) is 117 cm³/mol. The van der Waals surface area contributed by atoms with Crippen molar-refractivity contribution in [3.8, 4) is 5.88 Å². The van der Waals surface area contributed by atoms with Gasteiger partial charge in [0.15, 0.2) is 0 Å². The number of nitrogens with zero attached hydrogens (tertiary/aromatic N) is 2. The number of aromatic hydroxyl groups is 1. The van der Waals surface area contributed by atoms with Crippen molar-refractivity contribution in [3.05, 3.63) is 74.0 Å². The highest BCUT2D eigenvalue weighted by Gasteiger charge is 2.19. The average molecular weight is 423 g/mol. The highest BCUT2D eigenvalue weighted by molar-refractivity contribution is 7.10. The third-order valence-electron chi connectivity index (χ3n) is 4.75. The van der Waals surface area contributed by atoms with Crippen LogP contribution in [-0.2, 0) is 17.8 Å². The highest BCUT2D eigenvalue weighted by atomic mass is 32.1. The van der Waals surface area contributed by atoms with Gasteiger partial charge in [-0.3, -0.25) is 19.1 Å². The first kappa shape index (κ1) is 19.8. The number of aryl methyl sites for hydroxylation is 1. The summed E-state index contributed by atoms with van der Waals surface area (Å²) in [7, 11) is 0. The van der Waals surface area contributed by atoms with Crippen molar-refractivity contribution in [1.29, 1.82) is 0 Å². The summed E-state index contributed by atoms with van der Waals surface area (Å²) in [4.78, 5) is 29.0. The maximum atomic E-state index is 13.0. The van der Waals surface area contributed by atoms with Gasteiger partial charge in [0.2, 0.25) is 11.8 Å². The fourth-order valence-corrected chi connectivity index (χ4v) is 4.08. The second-order valence-corrected chi connectivity index (χ2v) is 7.71. The van der Waals surface area contributed by atoms with Crippen molar-refractivity contribution in [3.63, 3.8) is 0 Å². The molecule has 0 saturated carbocycles. The van der Waals surface area contributed by atoms with Gasteiger partial charge < -0.3 is 10.4 Å². The lowest BCUT2D eigenvalue weighted by atomic mass is 10.0. The first-order valence-electron chi connectivity index (χ1n) is 9.32. The van der Waals surface area contributed by atoms with Gasteiger partial charge in [-0.05, 0) is 42.3 Å². The third kappa shape index (κ3) is 3.81. The van der Waals surface area contributed by atoms with Crippen LogP contribution in [0.4, 0.5) is 15.8 Å². The Kier molecular flexibility index (Phi) is 5.33. The second kappa shape index (κ2) is 8.08. The Morgan fingerprint density at radius 1 is 1.27 bits per heavy atom. The maximum Gasteiger partial charge on any atom is 0.311 e. The lowest BCUT2D eigenvalue weighted by Gasteiger charge is -2.06. The Bertz CT molecular complexity index is 1240. The minimum atomic E-state index is -0.503. The van der Waals surface area contributed by atoms with Crippen LogP contribution in [0.2, 0.25) is 0 Å². The molecule has 1 aliphatic rings. The van der Waals surface area contributed by atoms with Gasteiger partial charge >= 0.3 is 4.87 Å². The van der Waals surface area contributed by atoms with Gasteiger partial charge in [-0.25, -0.2) is 4.39 Å². The number of amides is 1. The van der Waals surface area contributed by atoms with Crippen LogP contribution in [0, 0.1) is 5.82 Å². The van der Waals surface area contributed by atoms with Gasteiger partial charge in [0.25, 0.3) is 0 Å². The van der Waals surface area contributed by atoms with E-state index in [2.05, 4.69) is 17.2 Å². The summed E-state index contributed by atoms with van der Waals surface area (Å²) in [5, 5.41) is 13.1. The van der Waals surface area contributed by atoms with Crippen molar-refractivity contribution in [2.45, 2.75) is 19.9 Å². The Morgan fingerprint density at radius 3 is 2.77 bits per heavy atom. The molecule has 2 N–H and O–H groups in total. The standard InChI is InChI=1S/C22H18FN3O3S/c1-2-13-4-3-5-17-14(11-24-20(13)17)10-18-21(28)26(22(29)30-18)12-19(27)25-16-8-6-15(23)7-9-16/h3-11,28H,2,12H2,1H3,(H,25,27). The fraction of sp³-hybridized carbons (Fsp3) is 0.136. The molecule has 0 radical (unpaired) electrons. The van der Waals surface area contributed by atoms with Gasteiger partial charge in [0.1, 0.15) is 12.4 Å². The summed E-state index contributed by atoms with van der Waals surface area (Å²) >= 11 is 0.852. The van der Waals surface area contributed by atoms with E-state index in [1.54, 1.807) is 12.3 Å². The summed E-state index contributed by atoms with van der Waals surface area (Å²) < 4.78 is 14.0. The van der Waals surface area contributed by atoms with Crippen molar-refractivity contribution in [2.75, 3.05) is 5.32 Å². The van der Waals surface area contributed by atoms with Gasteiger partial charge in [0, 0.05) is 23.0 Å². The number of thiazole rings is 1. The molecule has 0 saturated heterocycles. The Hall–Kier alpha value is -3.52. The molecule has 1 aliphatic heterocycles. The summed E-state index contributed by atoms with van der Waals surface area (Å²) in [5.74, 6) is -1.20. The number of anilines is 1. The van der Waals surface area contributed by atoms with Crippen molar-refractivity contribution in [2.24, 2.45) is 4.99 Å². The van der Waals surface area contributed by atoms with E-state index in [0.717, 1.165) is 44.7 Å². The molecule has 8 heteroatoms. The van der Waals surface area contributed by atoms with E-state index in [0.29, 0.717) is 10.6 Å². The molecule has 0 aliphatic carbocycles. The third-order valence-corrected chi connectivity index (χ3v) is 5.67. The SMILES string of the molecule is CCc1cccc2c1N=CC2=Cc1sc(=O)n(CC(=O)Nc2ccc(F)cc2)c1O. The first-order valence-corrected chi connectivity index (χ1v) is 10.1. The van der Waals surface area contributed by atoms with Crippen LogP contribution in [0.1, 0.15) is 22.9 Å². The highest BCUT2D eigenvalue weighted by Crippen LogP contribution is 2.37. The number of benzene rings is 2. The number of aromatic nitrogens is 1. The zero-order valence-electron chi connectivity index (χ0n) is 16.1. The van der Waals surface area contributed by atoms with Gasteiger partial charge in [-0.2, -0.15) is 0 Å². The van der Waals surface area contributed by atoms with E-state index < -0.39 is 16.6 Å². The number of fused-ring (bicyclic) bond motifs is 1. The molecule has 1 amide bonds. The molecule has 6 nitrogen and oxygen atoms in total. The maximum absolute atomic E-state index is 13.0. The Labute approximate surface area is 175 Å². The molecule has 0 fully saturated rings. The minimum Gasteiger partial charge on any atom is -0.493 e. The molecule has 0 atom stereocenters. The number of aliphatic imine (C=N–C) groups is 1. The molecule has 4 rings (SSSR count). The van der Waals surface area contributed by atoms with E-state index in [1.807, 2.05) is 18.2 Å². The lowest BCUT2D eigenvalue weighted by molar-refractivity contribution is -0.116. The predicted octanol–water partition coefficient (Wildman–Crippen LogP) is 4.21. The molecule has 3 aromatic rings. The molecule has 152 valence electrons. The van der Waals surface area contributed by atoms with E-state index >= 15 is 0 Å². The molecule has 2 aromatic carbocycles. The summed E-state index contributed by atoms with van der Waals surface area (Å²) in [5.41, 5.74) is 4.16. The quantitative estimate of drug-likeness (QED) is 0.645. The number of nitrogens with one attached hydrogen (secondary N) is 1. The largest absolute Gasteiger partial charge is 0.493 e. The van der Waals surface area contributed by atoms with Crippen LogP contribution < -0.4 is 10.2 Å². The number of halogens is 1. The fourth-order valence-electron chi connectivity index (χ4n) is 3.25. The zero-order valence-corrected chi connectivity index (χ0v) is 16.9. The van der Waals surface area contributed by atoms with Crippen LogP contribution in [0.25, 0.3) is 11.6 Å². The Morgan fingerprint density at radius 2 is 2.03 bits per heavy atom. The number of hydrogen-bond donors (Lipinski definition) is 2. The van der Waals surface area contributed by atoms with Gasteiger partial charge in [-0.15, -0.1) is 0 Å². The second-order valence-electron chi connectivity index (χ2n) is 6.72. The van der Waals surface area contributed by atoms with Crippen LogP contribution in [0.15, 0.2) is 52.3 Å². The van der Waals surface area contributed by atoms with Crippen molar-refractivity contribution < 1.29 is 14.3 Å². The number of rotatable bonds is 5. The van der Waals surface area contributed by atoms with Crippen LogP contribution in [0.5, 0.6) is 5.88 Å². The molecule has 0 unspecified atom stereocenters. The molecule has 2 heterocycles. The van der Waals surface area contributed by atoms with E-state index in [9.17, 15) is 19.1 Å². The summed E-state index contributed by atoms with van der Waals surface area (Å²) in [6.45, 7) is 1.70. The molecule has 1 aromatic heterocycles. The number of hydrogen-bond acceptors (Lipinski definition) is 5. The van der Waals surface area contributed by atoms with Crippen molar-refractivity contribution >= 4 is 46.5 Å². The number of para-hydroxylation sites is 1. The molecule has 0 bridgehead atoms. The molecule has 0 spiro atoms. The summed E-state index contributed by atoms with van der Waals surface area (Å²) in [6, 6.07) is 11.2. The monoisotopic (exact) mass is 423 g/mol. The first-order chi connectivity index (χ1) is 14.5.